The molecule has 1 heteroatoms. The van der Waals surface area contributed by atoms with Crippen molar-refractivity contribution in [2.75, 3.05) is 0 Å². The largest absolute Gasteiger partial charge is 0.508 e. The molecule has 1 aromatic rings. The lowest BCUT2D eigenvalue weighted by Crippen LogP contribution is -1.83. The number of allylic oxidation sites excluding steroid dienone is 2. The molecule has 1 aromatic carbocycles. The molecule has 0 unspecified atom stereocenters. The van der Waals surface area contributed by atoms with Crippen LogP contribution in [0.1, 0.15) is 76.7 Å². The molecule has 0 saturated carbocycles. The van der Waals surface area contributed by atoms with Crippen molar-refractivity contribution in [3.63, 3.8) is 0 Å². The summed E-state index contributed by atoms with van der Waals surface area (Å²) in [5.74, 6) is 0.355. The van der Waals surface area contributed by atoms with Gasteiger partial charge in [0.25, 0.3) is 0 Å². The van der Waals surface area contributed by atoms with Crippen LogP contribution in [0.15, 0.2) is 36.4 Å². The Morgan fingerprint density at radius 2 is 1.33 bits per heavy atom. The van der Waals surface area contributed by atoms with E-state index in [4.69, 9.17) is 0 Å². The van der Waals surface area contributed by atoms with Gasteiger partial charge in [-0.3, -0.25) is 0 Å². The summed E-state index contributed by atoms with van der Waals surface area (Å²) in [6.07, 6.45) is 19.1. The van der Waals surface area contributed by atoms with Crippen LogP contribution < -0.4 is 0 Å². The van der Waals surface area contributed by atoms with Crippen molar-refractivity contribution in [2.45, 2.75) is 77.6 Å². The molecule has 1 nitrogen and oxygen atoms in total. The Morgan fingerprint density at radius 1 is 0.762 bits per heavy atom. The monoisotopic (exact) mass is 288 g/mol. The standard InChI is InChI=1S/C20H32O/c1-2-3-4-5-6-7-8-9-10-11-12-13-14-19-15-17-20(21)18-16-19/h10-11,15-18,21H,2-9,12-14H2,1H3/b11-10+. The molecule has 0 aliphatic rings. The van der Waals surface area contributed by atoms with Crippen molar-refractivity contribution in [3.05, 3.63) is 42.0 Å². The molecule has 21 heavy (non-hydrogen) atoms. The molecule has 0 aromatic heterocycles. The third-order valence-electron chi connectivity index (χ3n) is 3.91. The van der Waals surface area contributed by atoms with E-state index in [0.717, 1.165) is 12.8 Å². The second kappa shape index (κ2) is 12.5. The van der Waals surface area contributed by atoms with Crippen LogP contribution in [0.2, 0.25) is 0 Å². The van der Waals surface area contributed by atoms with Crippen molar-refractivity contribution in [2.24, 2.45) is 0 Å². The maximum atomic E-state index is 9.22. The van der Waals surface area contributed by atoms with Crippen molar-refractivity contribution in [1.29, 1.82) is 0 Å². The average Bonchev–Trinajstić information content (AvgIpc) is 2.50. The van der Waals surface area contributed by atoms with E-state index >= 15 is 0 Å². The third-order valence-corrected chi connectivity index (χ3v) is 3.91. The molecule has 0 saturated heterocycles. The fraction of sp³-hybridized carbons (Fsp3) is 0.600. The van der Waals surface area contributed by atoms with Gasteiger partial charge in [-0.15, -0.1) is 0 Å². The molecule has 1 rings (SSSR count). The van der Waals surface area contributed by atoms with Gasteiger partial charge < -0.3 is 5.11 Å². The Bertz CT molecular complexity index is 364. The van der Waals surface area contributed by atoms with Gasteiger partial charge in [-0.25, -0.2) is 0 Å². The Kier molecular flexibility index (Phi) is 10.6. The van der Waals surface area contributed by atoms with Gasteiger partial charge in [-0.2, -0.15) is 0 Å². The molecule has 0 amide bonds. The van der Waals surface area contributed by atoms with Crippen LogP contribution in [0, 0.1) is 0 Å². The summed E-state index contributed by atoms with van der Waals surface area (Å²) >= 11 is 0. The van der Waals surface area contributed by atoms with Crippen molar-refractivity contribution in [3.8, 4) is 5.75 Å². The minimum Gasteiger partial charge on any atom is -0.508 e. The number of unbranched alkanes of at least 4 members (excludes halogenated alkanes) is 8. The number of phenolic OH excluding ortho intramolecular Hbond substituents is 1. The molecule has 0 fully saturated rings. The lowest BCUT2D eigenvalue weighted by molar-refractivity contribution is 0.475. The van der Waals surface area contributed by atoms with E-state index in [2.05, 4.69) is 19.1 Å². The summed E-state index contributed by atoms with van der Waals surface area (Å²) in [5.41, 5.74) is 1.31. The number of hydrogen-bond acceptors (Lipinski definition) is 1. The molecule has 0 heterocycles. The molecule has 0 radical (unpaired) electrons. The first-order valence-electron chi connectivity index (χ1n) is 8.76. The predicted octanol–water partition coefficient (Wildman–Crippen LogP) is 6.41. The third kappa shape index (κ3) is 10.2. The van der Waals surface area contributed by atoms with E-state index in [1.807, 2.05) is 12.1 Å². The van der Waals surface area contributed by atoms with Crippen LogP contribution in [-0.4, -0.2) is 5.11 Å². The molecule has 0 spiro atoms. The number of benzene rings is 1. The van der Waals surface area contributed by atoms with Gasteiger partial charge >= 0.3 is 0 Å². The molecular weight excluding hydrogens is 256 g/mol. The molecular formula is C20H32O. The lowest BCUT2D eigenvalue weighted by atomic mass is 10.1. The Labute approximate surface area is 131 Å². The van der Waals surface area contributed by atoms with E-state index in [0.29, 0.717) is 5.75 Å². The van der Waals surface area contributed by atoms with Crippen molar-refractivity contribution < 1.29 is 5.11 Å². The highest BCUT2D eigenvalue weighted by Gasteiger charge is 1.93. The average molecular weight is 288 g/mol. The van der Waals surface area contributed by atoms with Crippen LogP contribution >= 0.6 is 0 Å². The van der Waals surface area contributed by atoms with Crippen LogP contribution in [-0.2, 0) is 6.42 Å². The summed E-state index contributed by atoms with van der Waals surface area (Å²) in [7, 11) is 0. The first kappa shape index (κ1) is 17.8. The lowest BCUT2D eigenvalue weighted by Gasteiger charge is -2.00. The van der Waals surface area contributed by atoms with E-state index in [1.54, 1.807) is 12.1 Å². The first-order valence-corrected chi connectivity index (χ1v) is 8.76. The van der Waals surface area contributed by atoms with Crippen LogP contribution in [0.5, 0.6) is 5.75 Å². The number of phenols is 1. The maximum Gasteiger partial charge on any atom is 0.115 e. The summed E-state index contributed by atoms with van der Waals surface area (Å²) in [4.78, 5) is 0. The van der Waals surface area contributed by atoms with Gasteiger partial charge in [0.05, 0.1) is 0 Å². The van der Waals surface area contributed by atoms with Crippen LogP contribution in [0.25, 0.3) is 0 Å². The molecule has 0 aliphatic heterocycles. The van der Waals surface area contributed by atoms with Crippen LogP contribution in [0.3, 0.4) is 0 Å². The highest BCUT2D eigenvalue weighted by molar-refractivity contribution is 5.25. The zero-order chi connectivity index (χ0) is 15.2. The normalized spacial score (nSPS) is 11.3. The Morgan fingerprint density at radius 3 is 2.00 bits per heavy atom. The summed E-state index contributed by atoms with van der Waals surface area (Å²) in [6, 6.07) is 7.56. The summed E-state index contributed by atoms with van der Waals surface area (Å²) < 4.78 is 0. The van der Waals surface area contributed by atoms with E-state index < -0.39 is 0 Å². The molecule has 1 N–H and O–H groups in total. The predicted molar refractivity (Wildman–Crippen MR) is 92.8 cm³/mol. The van der Waals surface area contributed by atoms with Crippen molar-refractivity contribution >= 4 is 0 Å². The first-order chi connectivity index (χ1) is 10.3. The number of rotatable bonds is 12. The fourth-order valence-electron chi connectivity index (χ4n) is 2.54. The van der Waals surface area contributed by atoms with Crippen molar-refractivity contribution in [1.82, 2.24) is 0 Å². The maximum absolute atomic E-state index is 9.22. The van der Waals surface area contributed by atoms with Gasteiger partial charge in [0.2, 0.25) is 0 Å². The van der Waals surface area contributed by atoms with Crippen LogP contribution in [0.4, 0.5) is 0 Å². The van der Waals surface area contributed by atoms with E-state index in [-0.39, 0.29) is 0 Å². The Hall–Kier alpha value is -1.24. The van der Waals surface area contributed by atoms with E-state index in [1.165, 1.54) is 63.4 Å². The minimum atomic E-state index is 0.355. The smallest absolute Gasteiger partial charge is 0.115 e. The molecule has 0 atom stereocenters. The van der Waals surface area contributed by atoms with Gasteiger partial charge in [-0.05, 0) is 49.8 Å². The number of aryl methyl sites for hydroxylation is 1. The molecule has 118 valence electrons. The number of hydrogen-bond donors (Lipinski definition) is 1. The Balaban J connectivity index is 1.90. The topological polar surface area (TPSA) is 20.2 Å². The van der Waals surface area contributed by atoms with Gasteiger partial charge in [-0.1, -0.05) is 69.7 Å². The van der Waals surface area contributed by atoms with Gasteiger partial charge in [0, 0.05) is 0 Å². The second-order valence-electron chi connectivity index (χ2n) is 5.94. The summed E-state index contributed by atoms with van der Waals surface area (Å²) in [6.45, 7) is 2.27. The highest BCUT2D eigenvalue weighted by Crippen LogP contribution is 2.12. The van der Waals surface area contributed by atoms with E-state index in [9.17, 15) is 5.11 Å². The summed E-state index contributed by atoms with van der Waals surface area (Å²) in [5, 5.41) is 9.22. The second-order valence-corrected chi connectivity index (χ2v) is 5.94. The minimum absolute atomic E-state index is 0.355. The number of aromatic hydroxyl groups is 1. The quantitative estimate of drug-likeness (QED) is 0.348. The zero-order valence-electron chi connectivity index (χ0n) is 13.7. The molecule has 0 aliphatic carbocycles. The zero-order valence-corrected chi connectivity index (χ0v) is 13.7. The molecule has 0 bridgehead atoms. The van der Waals surface area contributed by atoms with Gasteiger partial charge in [0.1, 0.15) is 5.75 Å². The SMILES string of the molecule is CCCCCCCCC/C=C/CCCc1ccc(O)cc1. The van der Waals surface area contributed by atoms with Gasteiger partial charge in [0.15, 0.2) is 0 Å². The highest BCUT2D eigenvalue weighted by atomic mass is 16.3. The fourth-order valence-corrected chi connectivity index (χ4v) is 2.54.